The van der Waals surface area contributed by atoms with Crippen LogP contribution in [0.3, 0.4) is 0 Å². The normalized spacial score (nSPS) is 12.1. The number of hydrogen-bond acceptors (Lipinski definition) is 2. The number of aromatic nitrogens is 4. The van der Waals surface area contributed by atoms with E-state index < -0.39 is 11.7 Å². The van der Waals surface area contributed by atoms with Gasteiger partial charge in [0.1, 0.15) is 0 Å². The van der Waals surface area contributed by atoms with E-state index in [2.05, 4.69) is 127 Å². The number of halogens is 3. The molecule has 0 bridgehead atoms. The van der Waals surface area contributed by atoms with Gasteiger partial charge in [-0.15, -0.1) is 0 Å². The summed E-state index contributed by atoms with van der Waals surface area (Å²) in [6.45, 7) is 0. The van der Waals surface area contributed by atoms with Gasteiger partial charge in [-0.1, -0.05) is 133 Å². The highest BCUT2D eigenvalue weighted by Crippen LogP contribution is 2.47. The molecule has 0 aliphatic carbocycles. The van der Waals surface area contributed by atoms with E-state index in [0.29, 0.717) is 11.4 Å². The second kappa shape index (κ2) is 15.3. The monoisotopic (exact) mass is 932 g/mol. The molecule has 72 heavy (non-hydrogen) atoms. The molecule has 0 saturated heterocycles. The average Bonchev–Trinajstić information content (AvgIpc) is 4.16. The van der Waals surface area contributed by atoms with Gasteiger partial charge in [0.2, 0.25) is 0 Å². The summed E-state index contributed by atoms with van der Waals surface area (Å²) >= 11 is 0. The van der Waals surface area contributed by atoms with Crippen LogP contribution in [-0.2, 0) is 6.18 Å². The van der Waals surface area contributed by atoms with E-state index in [0.717, 1.165) is 111 Å². The van der Waals surface area contributed by atoms with Crippen LogP contribution in [-0.4, -0.2) is 18.3 Å². The second-order valence-corrected chi connectivity index (χ2v) is 18.2. The highest BCUT2D eigenvalue weighted by atomic mass is 19.4. The van der Waals surface area contributed by atoms with Gasteiger partial charge in [-0.25, -0.2) is 0 Å². The molecule has 338 valence electrons. The Bertz CT molecular complexity index is 4690. The summed E-state index contributed by atoms with van der Waals surface area (Å²) in [7, 11) is 0. The third-order valence-corrected chi connectivity index (χ3v) is 14.4. The maximum Gasteiger partial charge on any atom is 0.416 e. The van der Waals surface area contributed by atoms with Crippen LogP contribution in [0.1, 0.15) is 16.7 Å². The van der Waals surface area contributed by atoms with E-state index in [1.807, 2.05) is 97.1 Å². The van der Waals surface area contributed by atoms with Crippen molar-refractivity contribution in [1.29, 1.82) is 10.5 Å². The summed E-state index contributed by atoms with van der Waals surface area (Å²) in [5.41, 5.74) is 9.94. The fraction of sp³-hybridized carbons (Fsp3) is 0.0159. The maximum atomic E-state index is 14.8. The SMILES string of the molecule is N#Cc1cc(-c2cc(-n3c4ccccc4c4ccc5c6ccccc6n(-c6ccccc6)c5c43)c(-n3c4ccccc4c4ccc5c6ccccc6n(-c6ccccc6)c5c43)cc2C#N)cc(C(F)(F)F)c1. The molecule has 0 amide bonds. The first-order chi connectivity index (χ1) is 35.3. The van der Waals surface area contributed by atoms with Gasteiger partial charge in [0, 0.05) is 60.0 Å². The third kappa shape index (κ3) is 5.83. The number of alkyl halides is 3. The molecule has 4 heterocycles. The van der Waals surface area contributed by atoms with Crippen molar-refractivity contribution in [3.63, 3.8) is 0 Å². The lowest BCUT2D eigenvalue weighted by Crippen LogP contribution is -2.08. The molecular formula is C63H35F3N6. The number of fused-ring (bicyclic) bond motifs is 14. The molecule has 0 N–H and O–H groups in total. The Balaban J connectivity index is 1.24. The zero-order valence-electron chi connectivity index (χ0n) is 38.0. The van der Waals surface area contributed by atoms with Gasteiger partial charge >= 0.3 is 6.18 Å². The smallest absolute Gasteiger partial charge is 0.307 e. The lowest BCUT2D eigenvalue weighted by atomic mass is 9.94. The van der Waals surface area contributed by atoms with Crippen LogP contribution in [0.5, 0.6) is 0 Å². The molecule has 14 rings (SSSR count). The Morgan fingerprint density at radius 2 is 0.722 bits per heavy atom. The van der Waals surface area contributed by atoms with Crippen LogP contribution in [0.15, 0.2) is 212 Å². The Morgan fingerprint density at radius 1 is 0.347 bits per heavy atom. The zero-order chi connectivity index (χ0) is 48.4. The van der Waals surface area contributed by atoms with Crippen molar-refractivity contribution in [3.8, 4) is 46.0 Å². The largest absolute Gasteiger partial charge is 0.416 e. The van der Waals surface area contributed by atoms with E-state index in [1.165, 1.54) is 6.07 Å². The quantitative estimate of drug-likeness (QED) is 0.173. The van der Waals surface area contributed by atoms with Gasteiger partial charge in [0.05, 0.1) is 84.3 Å². The summed E-state index contributed by atoms with van der Waals surface area (Å²) in [5, 5.41) is 29.6. The van der Waals surface area contributed by atoms with Gasteiger partial charge in [0.15, 0.2) is 0 Å². The van der Waals surface area contributed by atoms with Gasteiger partial charge in [0.25, 0.3) is 0 Å². The van der Waals surface area contributed by atoms with Crippen LogP contribution < -0.4 is 0 Å². The molecule has 0 saturated carbocycles. The first-order valence-corrected chi connectivity index (χ1v) is 23.5. The van der Waals surface area contributed by atoms with Crippen LogP contribution in [0, 0.1) is 22.7 Å². The second-order valence-electron chi connectivity index (χ2n) is 18.2. The van der Waals surface area contributed by atoms with E-state index >= 15 is 0 Å². The molecule has 4 aromatic heterocycles. The summed E-state index contributed by atoms with van der Waals surface area (Å²) in [5.74, 6) is 0. The van der Waals surface area contributed by atoms with Gasteiger partial charge in [-0.05, 0) is 84.4 Å². The topological polar surface area (TPSA) is 67.3 Å². The lowest BCUT2D eigenvalue weighted by Gasteiger charge is -2.21. The van der Waals surface area contributed by atoms with Crippen LogP contribution >= 0.6 is 0 Å². The summed E-state index contributed by atoms with van der Waals surface area (Å²) in [6.07, 6.45) is -4.76. The molecule has 0 aliphatic rings. The van der Waals surface area contributed by atoms with Gasteiger partial charge in [-0.3, -0.25) is 0 Å². The fourth-order valence-electron chi connectivity index (χ4n) is 11.5. The summed E-state index contributed by atoms with van der Waals surface area (Å²) in [6, 6.07) is 73.8. The van der Waals surface area contributed by atoms with Crippen molar-refractivity contribution in [2.75, 3.05) is 0 Å². The molecule has 0 spiro atoms. The molecule has 0 fully saturated rings. The number of rotatable bonds is 5. The number of para-hydroxylation sites is 6. The Morgan fingerprint density at radius 3 is 1.12 bits per heavy atom. The maximum absolute atomic E-state index is 14.8. The zero-order valence-corrected chi connectivity index (χ0v) is 38.0. The molecule has 0 unspecified atom stereocenters. The van der Waals surface area contributed by atoms with Crippen LogP contribution in [0.4, 0.5) is 13.2 Å². The molecule has 0 atom stereocenters. The number of nitrogens with zero attached hydrogens (tertiary/aromatic N) is 6. The van der Waals surface area contributed by atoms with Crippen LogP contribution in [0.2, 0.25) is 0 Å². The van der Waals surface area contributed by atoms with E-state index in [1.54, 1.807) is 0 Å². The van der Waals surface area contributed by atoms with Crippen molar-refractivity contribution < 1.29 is 13.2 Å². The first kappa shape index (κ1) is 41.2. The minimum atomic E-state index is -4.76. The minimum Gasteiger partial charge on any atom is -0.307 e. The number of benzene rings is 10. The molecule has 0 aliphatic heterocycles. The minimum absolute atomic E-state index is 0.101. The van der Waals surface area contributed by atoms with E-state index in [4.69, 9.17) is 0 Å². The lowest BCUT2D eigenvalue weighted by molar-refractivity contribution is -0.137. The Labute approximate surface area is 408 Å². The van der Waals surface area contributed by atoms with Gasteiger partial charge in [-0.2, -0.15) is 23.7 Å². The van der Waals surface area contributed by atoms with Gasteiger partial charge < -0.3 is 18.3 Å². The highest BCUT2D eigenvalue weighted by molar-refractivity contribution is 6.26. The Kier molecular flexibility index (Phi) is 8.77. The van der Waals surface area contributed by atoms with Crippen molar-refractivity contribution in [1.82, 2.24) is 18.3 Å². The summed E-state index contributed by atoms with van der Waals surface area (Å²) < 4.78 is 53.4. The van der Waals surface area contributed by atoms with E-state index in [9.17, 15) is 23.7 Å². The molecule has 6 nitrogen and oxygen atoms in total. The van der Waals surface area contributed by atoms with Crippen molar-refractivity contribution in [2.45, 2.75) is 6.18 Å². The average molecular weight is 933 g/mol. The van der Waals surface area contributed by atoms with Crippen molar-refractivity contribution in [3.05, 3.63) is 229 Å². The predicted octanol–water partition coefficient (Wildman–Crippen LogP) is 16.5. The van der Waals surface area contributed by atoms with E-state index in [-0.39, 0.29) is 22.3 Å². The molecule has 10 aromatic carbocycles. The third-order valence-electron chi connectivity index (χ3n) is 14.4. The molecule has 0 radical (unpaired) electrons. The molecule has 9 heteroatoms. The standard InChI is InChI=1S/C63H35F3N6/c64-63(65,66)41-32-38(36-67)31-39(33-41)52-35-58(72-56-26-14-10-22-47(56)51-30-28-49-45-20-8-12-24-54(45)70(60(49)62(51)72)43-17-5-2-6-18-43)57(34-40(52)37-68)71-55-25-13-9-21-46(55)50-29-27-48-44-19-7-11-23-53(44)69(59(48)61(50)71)42-15-3-1-4-16-42/h1-35H. The first-order valence-electron chi connectivity index (χ1n) is 23.5. The fourth-order valence-corrected chi connectivity index (χ4v) is 11.5. The van der Waals surface area contributed by atoms with Crippen molar-refractivity contribution >= 4 is 87.2 Å². The predicted molar refractivity (Wildman–Crippen MR) is 284 cm³/mol. The number of nitriles is 2. The molecule has 14 aromatic rings. The van der Waals surface area contributed by atoms with Crippen molar-refractivity contribution in [2.24, 2.45) is 0 Å². The van der Waals surface area contributed by atoms with Crippen LogP contribution in [0.25, 0.3) is 121 Å². The molecular weight excluding hydrogens is 898 g/mol. The highest BCUT2D eigenvalue weighted by Gasteiger charge is 2.33. The summed E-state index contributed by atoms with van der Waals surface area (Å²) in [4.78, 5) is 0. The Hall–Kier alpha value is -9.83. The number of hydrogen-bond donors (Lipinski definition) is 0.